The van der Waals surface area contributed by atoms with Gasteiger partial charge in [-0.25, -0.2) is 0 Å². The van der Waals surface area contributed by atoms with E-state index in [2.05, 4.69) is 12.2 Å². The van der Waals surface area contributed by atoms with E-state index in [1.807, 2.05) is 12.1 Å². The van der Waals surface area contributed by atoms with Crippen LogP contribution in [0.4, 0.5) is 0 Å². The van der Waals surface area contributed by atoms with E-state index >= 15 is 0 Å². The first kappa shape index (κ1) is 12.7. The summed E-state index contributed by atoms with van der Waals surface area (Å²) < 4.78 is 5.69. The Bertz CT molecular complexity index is 626. The summed E-state index contributed by atoms with van der Waals surface area (Å²) >= 11 is 6.09. The van der Waals surface area contributed by atoms with Gasteiger partial charge in [-0.1, -0.05) is 30.7 Å². The number of fused-ring (bicyclic) bond motifs is 1. The molecule has 1 aliphatic rings. The lowest BCUT2D eigenvalue weighted by Crippen LogP contribution is -2.32. The molecule has 1 atom stereocenters. The monoisotopic (exact) mass is 277 g/mol. The van der Waals surface area contributed by atoms with Crippen molar-refractivity contribution in [2.24, 2.45) is 5.41 Å². The molecule has 0 amide bonds. The van der Waals surface area contributed by atoms with Gasteiger partial charge in [0, 0.05) is 11.9 Å². The van der Waals surface area contributed by atoms with Gasteiger partial charge in [0.1, 0.15) is 0 Å². The Morgan fingerprint density at radius 1 is 1.53 bits per heavy atom. The van der Waals surface area contributed by atoms with E-state index in [4.69, 9.17) is 16.0 Å². The maximum atomic E-state index is 12.7. The highest BCUT2D eigenvalue weighted by Gasteiger charge is 2.41. The van der Waals surface area contributed by atoms with Crippen LogP contribution in [0, 0.1) is 5.41 Å². The molecule has 1 aliphatic heterocycles. The molecular weight excluding hydrogens is 262 g/mol. The third-order valence-electron chi connectivity index (χ3n) is 4.12. The Hall–Kier alpha value is -1.32. The van der Waals surface area contributed by atoms with Crippen molar-refractivity contribution in [2.45, 2.75) is 19.8 Å². The van der Waals surface area contributed by atoms with Crippen LogP contribution in [0.25, 0.3) is 11.0 Å². The van der Waals surface area contributed by atoms with Gasteiger partial charge in [-0.3, -0.25) is 4.79 Å². The van der Waals surface area contributed by atoms with Crippen LogP contribution >= 0.6 is 11.6 Å². The molecule has 1 aromatic heterocycles. The molecule has 100 valence electrons. The molecule has 1 aromatic carbocycles. The maximum absolute atomic E-state index is 12.7. The zero-order valence-electron chi connectivity index (χ0n) is 10.8. The number of nitrogens with one attached hydrogen (secondary N) is 1. The fourth-order valence-electron chi connectivity index (χ4n) is 2.80. The fraction of sp³-hybridized carbons (Fsp3) is 0.400. The van der Waals surface area contributed by atoms with E-state index in [1.165, 1.54) is 0 Å². The van der Waals surface area contributed by atoms with Crippen LogP contribution in [0.15, 0.2) is 28.7 Å². The van der Waals surface area contributed by atoms with Gasteiger partial charge >= 0.3 is 0 Å². The highest BCUT2D eigenvalue weighted by molar-refractivity contribution is 6.34. The third kappa shape index (κ3) is 1.97. The lowest BCUT2D eigenvalue weighted by atomic mass is 9.79. The molecule has 0 radical (unpaired) electrons. The third-order valence-corrected chi connectivity index (χ3v) is 4.42. The first-order chi connectivity index (χ1) is 9.16. The molecule has 4 heteroatoms. The van der Waals surface area contributed by atoms with Crippen molar-refractivity contribution >= 4 is 28.4 Å². The summed E-state index contributed by atoms with van der Waals surface area (Å²) in [4.78, 5) is 12.7. The normalized spacial score (nSPS) is 23.1. The summed E-state index contributed by atoms with van der Waals surface area (Å²) in [7, 11) is 0. The lowest BCUT2D eigenvalue weighted by molar-refractivity contribution is 0.0782. The van der Waals surface area contributed by atoms with E-state index in [1.54, 1.807) is 12.1 Å². The Morgan fingerprint density at radius 3 is 3.00 bits per heavy atom. The van der Waals surface area contributed by atoms with E-state index in [0.29, 0.717) is 16.4 Å². The van der Waals surface area contributed by atoms with Crippen LogP contribution < -0.4 is 5.32 Å². The minimum Gasteiger partial charge on any atom is -0.451 e. The molecule has 0 bridgehead atoms. The molecular formula is C15H16ClNO2. The number of benzene rings is 1. The zero-order valence-corrected chi connectivity index (χ0v) is 11.6. The number of Topliss-reactive ketones (excluding diaryl/α,β-unsaturated/α-hetero) is 1. The predicted molar refractivity (Wildman–Crippen MR) is 75.8 cm³/mol. The molecule has 1 saturated heterocycles. The average Bonchev–Trinajstić information content (AvgIpc) is 3.06. The molecule has 3 rings (SSSR count). The number of para-hydroxylation sites is 1. The standard InChI is InChI=1S/C15H16ClNO2/c1-2-15(6-7-17-9-15)14(18)12-8-10-4-3-5-11(16)13(10)19-12/h3-5,8,17H,2,6-7,9H2,1H3. The molecule has 0 aliphatic carbocycles. The van der Waals surface area contributed by atoms with Gasteiger partial charge in [-0.05, 0) is 31.5 Å². The summed E-state index contributed by atoms with van der Waals surface area (Å²) in [6, 6.07) is 7.35. The van der Waals surface area contributed by atoms with Crippen molar-refractivity contribution in [3.63, 3.8) is 0 Å². The van der Waals surface area contributed by atoms with Crippen molar-refractivity contribution in [1.82, 2.24) is 5.32 Å². The van der Waals surface area contributed by atoms with Crippen molar-refractivity contribution in [3.05, 3.63) is 35.0 Å². The lowest BCUT2D eigenvalue weighted by Gasteiger charge is -2.23. The molecule has 19 heavy (non-hydrogen) atoms. The van der Waals surface area contributed by atoms with Crippen molar-refractivity contribution in [1.29, 1.82) is 0 Å². The van der Waals surface area contributed by atoms with Crippen LogP contribution in [0.3, 0.4) is 0 Å². The van der Waals surface area contributed by atoms with Gasteiger partial charge in [-0.2, -0.15) is 0 Å². The Kier molecular flexibility index (Phi) is 3.11. The second-order valence-corrected chi connectivity index (χ2v) is 5.57. The summed E-state index contributed by atoms with van der Waals surface area (Å²) in [5.41, 5.74) is 0.283. The smallest absolute Gasteiger partial charge is 0.205 e. The Labute approximate surface area is 116 Å². The number of ketones is 1. The van der Waals surface area contributed by atoms with Crippen molar-refractivity contribution in [3.8, 4) is 0 Å². The SMILES string of the molecule is CCC1(C(=O)c2cc3cccc(Cl)c3o2)CCNC1. The topological polar surface area (TPSA) is 42.2 Å². The first-order valence-corrected chi connectivity index (χ1v) is 6.98. The average molecular weight is 278 g/mol. The Morgan fingerprint density at radius 2 is 2.37 bits per heavy atom. The number of furan rings is 1. The van der Waals surface area contributed by atoms with Gasteiger partial charge in [0.2, 0.25) is 5.78 Å². The summed E-state index contributed by atoms with van der Waals surface area (Å²) in [5, 5.41) is 4.70. The molecule has 2 heterocycles. The molecule has 1 unspecified atom stereocenters. The van der Waals surface area contributed by atoms with Gasteiger partial charge in [0.15, 0.2) is 11.3 Å². The molecule has 2 aromatic rings. The predicted octanol–water partition coefficient (Wildman–Crippen LogP) is 3.66. The number of carbonyl (C=O) groups is 1. The van der Waals surface area contributed by atoms with E-state index < -0.39 is 0 Å². The first-order valence-electron chi connectivity index (χ1n) is 6.60. The van der Waals surface area contributed by atoms with Crippen molar-refractivity contribution in [2.75, 3.05) is 13.1 Å². The molecule has 3 nitrogen and oxygen atoms in total. The highest BCUT2D eigenvalue weighted by atomic mass is 35.5. The van der Waals surface area contributed by atoms with Gasteiger partial charge in [-0.15, -0.1) is 0 Å². The van der Waals surface area contributed by atoms with Crippen LogP contribution in [0.5, 0.6) is 0 Å². The number of rotatable bonds is 3. The minimum absolute atomic E-state index is 0.0901. The molecule has 1 N–H and O–H groups in total. The number of hydrogen-bond acceptors (Lipinski definition) is 3. The molecule has 0 saturated carbocycles. The fourth-order valence-corrected chi connectivity index (χ4v) is 3.02. The van der Waals surface area contributed by atoms with Gasteiger partial charge in [0.25, 0.3) is 0 Å². The summed E-state index contributed by atoms with van der Waals surface area (Å²) in [6.07, 6.45) is 1.69. The number of hydrogen-bond donors (Lipinski definition) is 1. The second kappa shape index (κ2) is 4.66. The summed E-state index contributed by atoms with van der Waals surface area (Å²) in [5.74, 6) is 0.515. The maximum Gasteiger partial charge on any atom is 0.205 e. The van der Waals surface area contributed by atoms with Crippen LogP contribution in [-0.4, -0.2) is 18.9 Å². The highest BCUT2D eigenvalue weighted by Crippen LogP contribution is 2.36. The van der Waals surface area contributed by atoms with Crippen LogP contribution in [0.2, 0.25) is 5.02 Å². The van der Waals surface area contributed by atoms with Gasteiger partial charge < -0.3 is 9.73 Å². The zero-order chi connectivity index (χ0) is 13.5. The van der Waals surface area contributed by atoms with Gasteiger partial charge in [0.05, 0.1) is 10.4 Å². The second-order valence-electron chi connectivity index (χ2n) is 5.16. The van der Waals surface area contributed by atoms with E-state index in [0.717, 1.165) is 31.3 Å². The van der Waals surface area contributed by atoms with Crippen molar-refractivity contribution < 1.29 is 9.21 Å². The van der Waals surface area contributed by atoms with E-state index in [9.17, 15) is 4.79 Å². The van der Waals surface area contributed by atoms with Crippen LogP contribution in [0.1, 0.15) is 30.3 Å². The minimum atomic E-state index is -0.319. The van der Waals surface area contributed by atoms with E-state index in [-0.39, 0.29) is 11.2 Å². The number of halogens is 1. The quantitative estimate of drug-likeness (QED) is 0.871. The van der Waals surface area contributed by atoms with Crippen LogP contribution in [-0.2, 0) is 0 Å². The molecule has 1 fully saturated rings. The number of carbonyl (C=O) groups excluding carboxylic acids is 1. The summed E-state index contributed by atoms with van der Waals surface area (Å²) in [6.45, 7) is 3.67. The largest absolute Gasteiger partial charge is 0.451 e. The molecule has 0 spiro atoms. The Balaban J connectivity index is 2.04.